The van der Waals surface area contributed by atoms with Crippen LogP contribution in [0.5, 0.6) is 0 Å². The molecule has 1 aromatic heterocycles. The summed E-state index contributed by atoms with van der Waals surface area (Å²) in [5.74, 6) is -0.168. The monoisotopic (exact) mass is 683 g/mol. The van der Waals surface area contributed by atoms with Crippen LogP contribution < -0.4 is 11.1 Å². The topological polar surface area (TPSA) is 115 Å². The van der Waals surface area contributed by atoms with Crippen LogP contribution in [0, 0.1) is 6.92 Å². The summed E-state index contributed by atoms with van der Waals surface area (Å²) in [7, 11) is 2.27. The first kappa shape index (κ1) is 32.5. The van der Waals surface area contributed by atoms with E-state index >= 15 is 0 Å². The third kappa shape index (κ3) is 6.66. The Kier molecular flexibility index (Phi) is 9.30. The Labute approximate surface area is 285 Å². The van der Waals surface area contributed by atoms with E-state index in [-0.39, 0.29) is 24.4 Å². The molecular weight excluding hydrogens is 638 g/mol. The summed E-state index contributed by atoms with van der Waals surface area (Å²) in [4.78, 5) is 51.0. The van der Waals surface area contributed by atoms with Crippen molar-refractivity contribution in [2.75, 3.05) is 57.4 Å². The van der Waals surface area contributed by atoms with Gasteiger partial charge in [-0.1, -0.05) is 17.7 Å². The Bertz CT molecular complexity index is 1470. The highest BCUT2D eigenvalue weighted by Gasteiger charge is 2.42. The number of nitrogens with one attached hydrogen (secondary N) is 1. The van der Waals surface area contributed by atoms with E-state index in [0.717, 1.165) is 34.8 Å². The van der Waals surface area contributed by atoms with E-state index in [9.17, 15) is 14.4 Å². The van der Waals surface area contributed by atoms with Crippen LogP contribution in [0.1, 0.15) is 55.2 Å². The van der Waals surface area contributed by atoms with Gasteiger partial charge in [-0.25, -0.2) is 9.59 Å². The maximum atomic E-state index is 14.1. The molecule has 5 aliphatic heterocycles. The summed E-state index contributed by atoms with van der Waals surface area (Å²) in [5.41, 5.74) is 9.35. The lowest BCUT2D eigenvalue weighted by atomic mass is 9.96. The van der Waals surface area contributed by atoms with E-state index in [1.807, 2.05) is 34.2 Å². The van der Waals surface area contributed by atoms with Crippen molar-refractivity contribution in [1.82, 2.24) is 24.5 Å². The summed E-state index contributed by atoms with van der Waals surface area (Å²) in [6.07, 6.45) is 5.02. The van der Waals surface area contributed by atoms with E-state index < -0.39 is 12.2 Å². The van der Waals surface area contributed by atoms with Gasteiger partial charge in [0.1, 0.15) is 5.00 Å². The minimum absolute atomic E-state index is 0.0282. The van der Waals surface area contributed by atoms with Crippen LogP contribution in [0.3, 0.4) is 0 Å². The molecule has 5 aliphatic rings. The van der Waals surface area contributed by atoms with Gasteiger partial charge in [-0.15, -0.1) is 11.3 Å². The molecule has 47 heavy (non-hydrogen) atoms. The molecule has 11 nitrogen and oxygen atoms in total. The maximum Gasteiger partial charge on any atom is 0.410 e. The second-order valence-corrected chi connectivity index (χ2v) is 15.3. The summed E-state index contributed by atoms with van der Waals surface area (Å²) in [5, 5.41) is 6.32. The van der Waals surface area contributed by atoms with Crippen molar-refractivity contribution in [3.05, 3.63) is 45.3 Å². The van der Waals surface area contributed by atoms with E-state index in [1.165, 1.54) is 37.0 Å². The molecule has 4 fully saturated rings. The Morgan fingerprint density at radius 3 is 2.38 bits per heavy atom. The number of piperidine rings is 2. The zero-order chi connectivity index (χ0) is 32.8. The van der Waals surface area contributed by atoms with Crippen LogP contribution >= 0.6 is 22.9 Å². The number of likely N-dealkylation sites (tertiary alicyclic amines) is 1. The SMILES string of the molecule is Cc1cc(C[C@@H](OC(=O)N2CCC(N3Cc4ccsc4NC3=O)CC2)C(=O)N2CCN(C3CC4CCC(C3)N4C)CC2)cc(Cl)c1N. The predicted molar refractivity (Wildman–Crippen MR) is 184 cm³/mol. The minimum atomic E-state index is -0.977. The van der Waals surface area contributed by atoms with Gasteiger partial charge >= 0.3 is 12.1 Å². The zero-order valence-corrected chi connectivity index (χ0v) is 28.9. The number of ether oxygens (including phenoxy) is 1. The minimum Gasteiger partial charge on any atom is -0.436 e. The smallest absolute Gasteiger partial charge is 0.410 e. The maximum absolute atomic E-state index is 14.1. The summed E-state index contributed by atoms with van der Waals surface area (Å²) < 4.78 is 6.06. The van der Waals surface area contributed by atoms with Gasteiger partial charge in [-0.3, -0.25) is 15.0 Å². The highest BCUT2D eigenvalue weighted by Crippen LogP contribution is 2.37. The fourth-order valence-corrected chi connectivity index (χ4v) is 9.46. The third-order valence-corrected chi connectivity index (χ3v) is 12.5. The van der Waals surface area contributed by atoms with Crippen LogP contribution in [0.2, 0.25) is 5.02 Å². The molecule has 3 N–H and O–H groups in total. The molecule has 0 aliphatic carbocycles. The Morgan fingerprint density at radius 1 is 1.00 bits per heavy atom. The number of carbonyl (C=O) groups excluding carboxylic acids is 3. The number of thiophene rings is 1. The highest BCUT2D eigenvalue weighted by molar-refractivity contribution is 7.14. The number of fused-ring (bicyclic) bond motifs is 3. The molecule has 4 saturated heterocycles. The van der Waals surface area contributed by atoms with Gasteiger partial charge in [0.05, 0.1) is 17.3 Å². The lowest BCUT2D eigenvalue weighted by Crippen LogP contribution is -2.57. The van der Waals surface area contributed by atoms with E-state index in [2.05, 4.69) is 22.2 Å². The lowest BCUT2D eigenvalue weighted by molar-refractivity contribution is -0.143. The third-order valence-electron chi connectivity index (χ3n) is 11.3. The first-order valence-corrected chi connectivity index (χ1v) is 18.3. The number of urea groups is 1. The van der Waals surface area contributed by atoms with E-state index in [4.69, 9.17) is 22.1 Å². The number of nitrogen functional groups attached to an aromatic ring is 1. The standard InChI is InChI=1S/C34H46ClN7O4S/c1-21-15-22(16-28(35)30(21)36)17-29(32(43)40-12-10-39(11-13-40)27-18-25-3-4-26(19-27)38(25)2)46-34(45)41-8-5-24(6-9-41)42-20-23-7-14-47-31(23)37-33(42)44/h7,14-16,24-27,29H,3-6,8-13,17-20,36H2,1-2H3,(H,37,44)/t25?,26?,27?,29-/m1/s1. The molecule has 7 rings (SSSR count). The number of hydrogen-bond donors (Lipinski definition) is 2. The number of benzene rings is 1. The molecule has 1 aromatic carbocycles. The van der Waals surface area contributed by atoms with Crippen molar-refractivity contribution in [3.8, 4) is 0 Å². The highest BCUT2D eigenvalue weighted by atomic mass is 35.5. The van der Waals surface area contributed by atoms with E-state index in [1.54, 1.807) is 11.0 Å². The fourth-order valence-electron chi connectivity index (χ4n) is 8.38. The Balaban J connectivity index is 0.988. The van der Waals surface area contributed by atoms with Crippen LogP contribution in [-0.4, -0.2) is 119 Å². The van der Waals surface area contributed by atoms with Crippen molar-refractivity contribution < 1.29 is 19.1 Å². The average Bonchev–Trinajstić information content (AvgIpc) is 3.59. The average molecular weight is 684 g/mol. The summed E-state index contributed by atoms with van der Waals surface area (Å²) in [6.45, 7) is 6.26. The molecule has 2 bridgehead atoms. The van der Waals surface area contributed by atoms with Gasteiger partial charge < -0.3 is 30.1 Å². The number of rotatable bonds is 6. The molecule has 0 spiro atoms. The Hall–Kier alpha value is -3.06. The second-order valence-electron chi connectivity index (χ2n) is 14.0. The van der Waals surface area contributed by atoms with Gasteiger partial charge in [0.25, 0.3) is 5.91 Å². The summed E-state index contributed by atoms with van der Waals surface area (Å²) >= 11 is 7.95. The molecule has 2 aromatic rings. The van der Waals surface area contributed by atoms with Gasteiger partial charge in [0.15, 0.2) is 6.10 Å². The lowest BCUT2D eigenvalue weighted by Gasteiger charge is -2.45. The number of aryl methyl sites for hydroxylation is 1. The molecular formula is C34H46ClN7O4S. The van der Waals surface area contributed by atoms with Crippen molar-refractivity contribution in [2.45, 2.75) is 88.7 Å². The van der Waals surface area contributed by atoms with Crippen molar-refractivity contribution in [3.63, 3.8) is 0 Å². The first-order valence-electron chi connectivity index (χ1n) is 17.0. The van der Waals surface area contributed by atoms with Gasteiger partial charge in [-0.2, -0.15) is 0 Å². The number of halogens is 1. The molecule has 13 heteroatoms. The number of nitrogens with zero attached hydrogens (tertiary/aromatic N) is 5. The number of carbonyl (C=O) groups is 3. The number of nitrogens with two attached hydrogens (primary N) is 1. The van der Waals surface area contributed by atoms with Crippen LogP contribution in [0.15, 0.2) is 23.6 Å². The van der Waals surface area contributed by atoms with Crippen LogP contribution in [-0.2, 0) is 22.5 Å². The van der Waals surface area contributed by atoms with Crippen molar-refractivity contribution in [2.24, 2.45) is 0 Å². The zero-order valence-electron chi connectivity index (χ0n) is 27.3. The molecule has 3 atom stereocenters. The molecule has 6 heterocycles. The molecule has 254 valence electrons. The predicted octanol–water partition coefficient (Wildman–Crippen LogP) is 4.62. The van der Waals surface area contributed by atoms with Crippen molar-refractivity contribution >= 4 is 51.7 Å². The normalized spacial score (nSPS) is 26.2. The number of hydrogen-bond acceptors (Lipinski definition) is 8. The van der Waals surface area contributed by atoms with E-state index in [0.29, 0.717) is 74.4 Å². The largest absolute Gasteiger partial charge is 0.436 e. The van der Waals surface area contributed by atoms with Crippen molar-refractivity contribution in [1.29, 1.82) is 0 Å². The number of amides is 4. The molecule has 2 unspecified atom stereocenters. The number of anilines is 2. The quantitative estimate of drug-likeness (QED) is 0.427. The summed E-state index contributed by atoms with van der Waals surface area (Å²) in [6, 6.07) is 7.58. The molecule has 0 saturated carbocycles. The fraction of sp³-hybridized carbons (Fsp3) is 0.618. The van der Waals surface area contributed by atoms with Gasteiger partial charge in [-0.05, 0) is 81.1 Å². The van der Waals surface area contributed by atoms with Crippen LogP contribution in [0.4, 0.5) is 20.3 Å². The molecule has 4 amide bonds. The van der Waals surface area contributed by atoms with Gasteiger partial charge in [0.2, 0.25) is 0 Å². The second kappa shape index (κ2) is 13.4. The number of piperazine rings is 1. The van der Waals surface area contributed by atoms with Crippen LogP contribution in [0.25, 0.3) is 0 Å². The molecule has 0 radical (unpaired) electrons. The first-order chi connectivity index (χ1) is 22.6. The van der Waals surface area contributed by atoms with Gasteiger partial charge in [0, 0.05) is 75.4 Å². The Morgan fingerprint density at radius 2 is 1.70 bits per heavy atom.